The molecule has 3 aromatic heterocycles. The fourth-order valence-corrected chi connectivity index (χ4v) is 5.31. The lowest BCUT2D eigenvalue weighted by molar-refractivity contribution is 0.617. The average Bonchev–Trinajstić information content (AvgIpc) is 3.27. The van der Waals surface area contributed by atoms with Gasteiger partial charge in [0.15, 0.2) is 0 Å². The highest BCUT2D eigenvalue weighted by Crippen LogP contribution is 2.37. The number of hydrogen-bond acceptors (Lipinski definition) is 3. The van der Waals surface area contributed by atoms with Crippen LogP contribution in [-0.2, 0) is 5.41 Å². The van der Waals surface area contributed by atoms with Crippen LogP contribution in [0, 0.1) is 6.92 Å². The second-order valence-electron chi connectivity index (χ2n) is 10.8. The zero-order chi connectivity index (χ0) is 26.4. The molecule has 0 N–H and O–H groups in total. The summed E-state index contributed by atoms with van der Waals surface area (Å²) in [6, 6.07) is 32.7. The fourth-order valence-electron chi connectivity index (χ4n) is 5.31. The summed E-state index contributed by atoms with van der Waals surface area (Å²) in [5, 5.41) is 2.47. The van der Waals surface area contributed by atoms with Crippen LogP contribution in [0.5, 0.6) is 0 Å². The summed E-state index contributed by atoms with van der Waals surface area (Å²) in [7, 11) is 4.13. The summed E-state index contributed by atoms with van der Waals surface area (Å²) < 4.78 is 2.28. The second-order valence-corrected chi connectivity index (χ2v) is 10.8. The number of aromatic nitrogens is 3. The normalized spacial score (nSPS) is 11.8. The number of fused-ring (bicyclic) bond motifs is 3. The first-order valence-corrected chi connectivity index (χ1v) is 13.0. The topological polar surface area (TPSA) is 34.0 Å². The van der Waals surface area contributed by atoms with Gasteiger partial charge in [-0.3, -0.25) is 9.55 Å². The van der Waals surface area contributed by atoms with Crippen LogP contribution in [0.25, 0.3) is 38.8 Å². The Hall–Kier alpha value is -4.44. The summed E-state index contributed by atoms with van der Waals surface area (Å²) >= 11 is 0. The lowest BCUT2D eigenvalue weighted by Gasteiger charge is -2.26. The first kappa shape index (κ1) is 23.9. The Labute approximate surface area is 224 Å². The molecule has 0 atom stereocenters. The Morgan fingerprint density at radius 3 is 2.26 bits per heavy atom. The van der Waals surface area contributed by atoms with Crippen LogP contribution in [-0.4, -0.2) is 28.6 Å². The quantitative estimate of drug-likeness (QED) is 0.243. The van der Waals surface area contributed by atoms with Crippen molar-refractivity contribution in [3.8, 4) is 16.9 Å². The van der Waals surface area contributed by atoms with Gasteiger partial charge in [-0.1, -0.05) is 68.4 Å². The van der Waals surface area contributed by atoms with Crippen molar-refractivity contribution in [3.05, 3.63) is 120 Å². The summed E-state index contributed by atoms with van der Waals surface area (Å²) in [4.78, 5) is 11.6. The number of anilines is 1. The number of nitrogens with zero attached hydrogens (tertiary/aromatic N) is 4. The fraction of sp³-hybridized carbons (Fsp3) is 0.176. The van der Waals surface area contributed by atoms with Crippen molar-refractivity contribution < 1.29 is 0 Å². The molecular formula is C34H32N4. The molecule has 6 rings (SSSR count). The van der Waals surface area contributed by atoms with Gasteiger partial charge in [-0.2, -0.15) is 0 Å². The molecule has 6 aromatic rings. The van der Waals surface area contributed by atoms with Gasteiger partial charge < -0.3 is 4.90 Å². The monoisotopic (exact) mass is 496 g/mol. The lowest BCUT2D eigenvalue weighted by atomic mass is 9.80. The minimum absolute atomic E-state index is 0.244. The third-order valence-electron chi connectivity index (χ3n) is 7.62. The Balaban J connectivity index is 1.50. The number of benzene rings is 3. The highest BCUT2D eigenvalue weighted by atomic mass is 15.1. The van der Waals surface area contributed by atoms with Gasteiger partial charge in [0.05, 0.1) is 16.7 Å². The van der Waals surface area contributed by atoms with Gasteiger partial charge in [0.2, 0.25) is 0 Å². The van der Waals surface area contributed by atoms with Gasteiger partial charge in [0, 0.05) is 48.4 Å². The number of pyridine rings is 2. The Morgan fingerprint density at radius 2 is 1.45 bits per heavy atom. The van der Waals surface area contributed by atoms with Crippen LogP contribution in [0.4, 0.5) is 5.69 Å². The van der Waals surface area contributed by atoms with Gasteiger partial charge in [-0.05, 0) is 65.6 Å². The van der Waals surface area contributed by atoms with Gasteiger partial charge in [0.1, 0.15) is 5.82 Å². The van der Waals surface area contributed by atoms with Gasteiger partial charge in [-0.15, -0.1) is 0 Å². The van der Waals surface area contributed by atoms with Crippen LogP contribution >= 0.6 is 0 Å². The molecular weight excluding hydrogens is 464 g/mol. The average molecular weight is 497 g/mol. The summed E-state index contributed by atoms with van der Waals surface area (Å²) in [6.45, 7) is 6.61. The van der Waals surface area contributed by atoms with Crippen molar-refractivity contribution >= 4 is 27.5 Å². The van der Waals surface area contributed by atoms with Crippen LogP contribution in [0.15, 0.2) is 103 Å². The maximum absolute atomic E-state index is 4.75. The molecule has 4 heteroatoms. The van der Waals surface area contributed by atoms with Crippen LogP contribution < -0.4 is 4.90 Å². The van der Waals surface area contributed by atoms with Crippen LogP contribution in [0.2, 0.25) is 0 Å². The summed E-state index contributed by atoms with van der Waals surface area (Å²) in [5.74, 6) is 0.940. The van der Waals surface area contributed by atoms with E-state index in [2.05, 4.69) is 123 Å². The van der Waals surface area contributed by atoms with Crippen molar-refractivity contribution in [2.45, 2.75) is 26.2 Å². The Morgan fingerprint density at radius 1 is 0.684 bits per heavy atom. The predicted octanol–water partition coefficient (Wildman–Crippen LogP) is 7.94. The molecule has 4 nitrogen and oxygen atoms in total. The van der Waals surface area contributed by atoms with Crippen LogP contribution in [0.3, 0.4) is 0 Å². The maximum atomic E-state index is 4.75. The standard InChI is InChI=1S/C34H32N4/c1-23-15-17-36-33(19-23)38-30-12-7-6-11-28(30)29-14-13-25(21-31(29)38)24-9-8-10-26(20-24)34(2,3)32-22-27(37(4)5)16-18-35-32/h6-22H,1-5H3. The molecule has 0 saturated carbocycles. The van der Waals surface area contributed by atoms with Crippen molar-refractivity contribution in [3.63, 3.8) is 0 Å². The Bertz CT molecular complexity index is 1790. The summed E-state index contributed by atoms with van der Waals surface area (Å²) in [5.41, 5.74) is 9.10. The van der Waals surface area contributed by atoms with E-state index in [0.717, 1.165) is 22.7 Å². The maximum Gasteiger partial charge on any atom is 0.137 e. The zero-order valence-electron chi connectivity index (χ0n) is 22.6. The minimum atomic E-state index is -0.244. The van der Waals surface area contributed by atoms with E-state index in [0.29, 0.717) is 0 Å². The molecule has 0 aliphatic carbocycles. The van der Waals surface area contributed by atoms with E-state index in [1.165, 1.54) is 38.5 Å². The van der Waals surface area contributed by atoms with Crippen molar-refractivity contribution in [2.24, 2.45) is 0 Å². The molecule has 0 spiro atoms. The summed E-state index contributed by atoms with van der Waals surface area (Å²) in [6.07, 6.45) is 3.79. The number of aryl methyl sites for hydroxylation is 1. The van der Waals surface area contributed by atoms with Crippen molar-refractivity contribution in [1.82, 2.24) is 14.5 Å². The largest absolute Gasteiger partial charge is 0.378 e. The SMILES string of the molecule is Cc1ccnc(-n2c3ccccc3c3ccc(-c4cccc(C(C)(C)c5cc(N(C)C)ccn5)c4)cc32)c1. The molecule has 3 aromatic carbocycles. The molecule has 38 heavy (non-hydrogen) atoms. The van der Waals surface area contributed by atoms with Gasteiger partial charge >= 0.3 is 0 Å². The highest BCUT2D eigenvalue weighted by molar-refractivity contribution is 6.10. The predicted molar refractivity (Wildman–Crippen MR) is 159 cm³/mol. The molecule has 0 unspecified atom stereocenters. The van der Waals surface area contributed by atoms with E-state index < -0.39 is 0 Å². The molecule has 3 heterocycles. The van der Waals surface area contributed by atoms with E-state index >= 15 is 0 Å². The molecule has 0 aliphatic rings. The highest BCUT2D eigenvalue weighted by Gasteiger charge is 2.26. The number of para-hydroxylation sites is 1. The molecule has 0 radical (unpaired) electrons. The molecule has 0 amide bonds. The van der Waals surface area contributed by atoms with E-state index in [1.54, 1.807) is 0 Å². The third-order valence-corrected chi connectivity index (χ3v) is 7.62. The molecule has 0 aliphatic heterocycles. The zero-order valence-corrected chi connectivity index (χ0v) is 22.6. The van der Waals surface area contributed by atoms with Crippen molar-refractivity contribution in [2.75, 3.05) is 19.0 Å². The van der Waals surface area contributed by atoms with E-state index in [4.69, 9.17) is 9.97 Å². The smallest absolute Gasteiger partial charge is 0.137 e. The van der Waals surface area contributed by atoms with Crippen molar-refractivity contribution in [1.29, 1.82) is 0 Å². The first-order valence-electron chi connectivity index (χ1n) is 13.0. The molecule has 0 bridgehead atoms. The number of hydrogen-bond donors (Lipinski definition) is 0. The van der Waals surface area contributed by atoms with E-state index in [9.17, 15) is 0 Å². The molecule has 0 fully saturated rings. The minimum Gasteiger partial charge on any atom is -0.378 e. The number of rotatable bonds is 5. The Kier molecular flexibility index (Phi) is 5.76. The second kappa shape index (κ2) is 9.14. The first-order chi connectivity index (χ1) is 18.3. The van der Waals surface area contributed by atoms with Gasteiger partial charge in [0.25, 0.3) is 0 Å². The van der Waals surface area contributed by atoms with E-state index in [1.807, 2.05) is 24.5 Å². The lowest BCUT2D eigenvalue weighted by Crippen LogP contribution is -2.21. The van der Waals surface area contributed by atoms with Gasteiger partial charge in [-0.25, -0.2) is 4.98 Å². The third kappa shape index (κ3) is 4.03. The van der Waals surface area contributed by atoms with Crippen LogP contribution in [0.1, 0.15) is 30.7 Å². The molecule has 0 saturated heterocycles. The molecule has 188 valence electrons. The van der Waals surface area contributed by atoms with E-state index in [-0.39, 0.29) is 5.41 Å².